The van der Waals surface area contributed by atoms with E-state index in [1.807, 2.05) is 18.2 Å². The normalized spacial score (nSPS) is 18.0. The number of ether oxygens (including phenoxy) is 2. The number of aryl methyl sites for hydroxylation is 1. The maximum atomic E-state index is 10.7. The number of rotatable bonds is 2. The number of nitrogens with one attached hydrogen (secondary N) is 1. The number of hydrogen-bond donors (Lipinski definition) is 2. The van der Waals surface area contributed by atoms with Gasteiger partial charge in [0.05, 0.1) is 17.3 Å². The summed E-state index contributed by atoms with van der Waals surface area (Å²) in [6, 6.07) is 14.4. The highest BCUT2D eigenvalue weighted by atomic mass is 16.7. The van der Waals surface area contributed by atoms with Crippen molar-refractivity contribution < 1.29 is 14.6 Å². The fraction of sp³-hybridized carbons (Fsp3) is 0.261. The SMILES string of the molecule is OC1CCCc2nc(Cc3ccc4c(c3)OCO4)c3[nH]c4ccccc4c3c21. The van der Waals surface area contributed by atoms with E-state index in [0.29, 0.717) is 6.42 Å². The molecule has 4 aromatic rings. The molecule has 0 amide bonds. The molecule has 1 unspecified atom stereocenters. The zero-order chi connectivity index (χ0) is 18.7. The Kier molecular flexibility index (Phi) is 3.40. The average molecular weight is 372 g/mol. The zero-order valence-electron chi connectivity index (χ0n) is 15.4. The molecular weight excluding hydrogens is 352 g/mol. The Labute approximate surface area is 161 Å². The number of aromatic nitrogens is 2. The number of aliphatic hydroxyl groups is 1. The molecule has 1 atom stereocenters. The van der Waals surface area contributed by atoms with Crippen LogP contribution in [0.2, 0.25) is 0 Å². The van der Waals surface area contributed by atoms with Crippen molar-refractivity contribution in [1.82, 2.24) is 9.97 Å². The summed E-state index contributed by atoms with van der Waals surface area (Å²) >= 11 is 0. The number of aliphatic hydroxyl groups excluding tert-OH is 1. The fourth-order valence-corrected chi connectivity index (χ4v) is 4.59. The van der Waals surface area contributed by atoms with E-state index in [1.165, 1.54) is 0 Å². The molecule has 2 aromatic heterocycles. The summed E-state index contributed by atoms with van der Waals surface area (Å²) in [6.07, 6.45) is 2.93. The van der Waals surface area contributed by atoms with Gasteiger partial charge in [0, 0.05) is 34.0 Å². The van der Waals surface area contributed by atoms with Gasteiger partial charge in [-0.3, -0.25) is 4.98 Å². The summed E-state index contributed by atoms with van der Waals surface area (Å²) in [6.45, 7) is 0.278. The maximum Gasteiger partial charge on any atom is 0.231 e. The lowest BCUT2D eigenvalue weighted by atomic mass is 9.89. The summed E-state index contributed by atoms with van der Waals surface area (Å²) in [7, 11) is 0. The standard InChI is InChI=1S/C23H20N2O3/c26-18-7-3-6-16-22(18)21-14-4-1-2-5-15(14)25-23(21)17(24-16)10-13-8-9-19-20(11-13)28-12-27-19/h1-2,4-5,8-9,11,18,25-26H,3,6-7,10,12H2. The summed E-state index contributed by atoms with van der Waals surface area (Å²) in [5, 5.41) is 13.0. The molecule has 0 saturated carbocycles. The Bertz CT molecular complexity index is 1230. The van der Waals surface area contributed by atoms with Crippen molar-refractivity contribution in [3.05, 3.63) is 65.0 Å². The van der Waals surface area contributed by atoms with Gasteiger partial charge in [0.2, 0.25) is 6.79 Å². The minimum absolute atomic E-state index is 0.278. The molecule has 6 rings (SSSR count). The largest absolute Gasteiger partial charge is 0.454 e. The first-order valence-corrected chi connectivity index (χ1v) is 9.76. The average Bonchev–Trinajstić information content (AvgIpc) is 3.32. The van der Waals surface area contributed by atoms with Gasteiger partial charge in [-0.15, -0.1) is 0 Å². The molecule has 0 bridgehead atoms. The number of para-hydroxylation sites is 1. The van der Waals surface area contributed by atoms with Gasteiger partial charge in [-0.25, -0.2) is 0 Å². The topological polar surface area (TPSA) is 67.4 Å². The van der Waals surface area contributed by atoms with Crippen LogP contribution in [0.15, 0.2) is 42.5 Å². The van der Waals surface area contributed by atoms with Crippen molar-refractivity contribution >= 4 is 21.8 Å². The number of benzene rings is 2. The van der Waals surface area contributed by atoms with Crippen LogP contribution in [0.25, 0.3) is 21.8 Å². The van der Waals surface area contributed by atoms with Crippen LogP contribution in [0.5, 0.6) is 11.5 Å². The third kappa shape index (κ3) is 2.33. The first kappa shape index (κ1) is 16.0. The summed E-state index contributed by atoms with van der Waals surface area (Å²) < 4.78 is 11.0. The number of fused-ring (bicyclic) bond motifs is 6. The van der Waals surface area contributed by atoms with Gasteiger partial charge in [0.15, 0.2) is 11.5 Å². The molecule has 28 heavy (non-hydrogen) atoms. The highest BCUT2D eigenvalue weighted by Crippen LogP contribution is 2.40. The van der Waals surface area contributed by atoms with Crippen molar-refractivity contribution in [3.63, 3.8) is 0 Å². The molecule has 1 aliphatic heterocycles. The molecule has 2 aliphatic rings. The monoisotopic (exact) mass is 372 g/mol. The lowest BCUT2D eigenvalue weighted by Gasteiger charge is -2.23. The minimum atomic E-state index is -0.447. The molecule has 0 spiro atoms. The highest BCUT2D eigenvalue weighted by molar-refractivity contribution is 6.10. The van der Waals surface area contributed by atoms with Crippen molar-refractivity contribution in [2.45, 2.75) is 31.8 Å². The van der Waals surface area contributed by atoms with Crippen LogP contribution < -0.4 is 9.47 Å². The Hall–Kier alpha value is -3.05. The lowest BCUT2D eigenvalue weighted by Crippen LogP contribution is -2.13. The molecular formula is C23H20N2O3. The molecule has 5 nitrogen and oxygen atoms in total. The van der Waals surface area contributed by atoms with Crippen molar-refractivity contribution in [2.24, 2.45) is 0 Å². The third-order valence-corrected chi connectivity index (χ3v) is 5.88. The molecule has 0 saturated heterocycles. The van der Waals surface area contributed by atoms with Gasteiger partial charge < -0.3 is 19.6 Å². The predicted molar refractivity (Wildman–Crippen MR) is 107 cm³/mol. The second-order valence-corrected chi connectivity index (χ2v) is 7.61. The van der Waals surface area contributed by atoms with Crippen LogP contribution in [0, 0.1) is 0 Å². The second-order valence-electron chi connectivity index (χ2n) is 7.61. The number of aromatic amines is 1. The highest BCUT2D eigenvalue weighted by Gasteiger charge is 2.26. The van der Waals surface area contributed by atoms with Crippen LogP contribution in [0.4, 0.5) is 0 Å². The van der Waals surface area contributed by atoms with Gasteiger partial charge in [0.1, 0.15) is 0 Å². The van der Waals surface area contributed by atoms with Gasteiger partial charge in [0.25, 0.3) is 0 Å². The number of pyridine rings is 1. The van der Waals surface area contributed by atoms with Crippen molar-refractivity contribution in [2.75, 3.05) is 6.79 Å². The van der Waals surface area contributed by atoms with Gasteiger partial charge in [-0.2, -0.15) is 0 Å². The van der Waals surface area contributed by atoms with E-state index in [4.69, 9.17) is 14.5 Å². The number of hydrogen-bond acceptors (Lipinski definition) is 4. The molecule has 2 N–H and O–H groups in total. The van der Waals surface area contributed by atoms with Crippen molar-refractivity contribution in [1.29, 1.82) is 0 Å². The van der Waals surface area contributed by atoms with Crippen LogP contribution in [0.1, 0.15) is 41.5 Å². The van der Waals surface area contributed by atoms with E-state index in [9.17, 15) is 5.11 Å². The number of nitrogens with zero attached hydrogens (tertiary/aromatic N) is 1. The van der Waals surface area contributed by atoms with E-state index < -0.39 is 6.10 Å². The minimum Gasteiger partial charge on any atom is -0.454 e. The van der Waals surface area contributed by atoms with Gasteiger partial charge in [-0.1, -0.05) is 24.3 Å². The zero-order valence-corrected chi connectivity index (χ0v) is 15.4. The molecule has 3 heterocycles. The smallest absolute Gasteiger partial charge is 0.231 e. The summed E-state index contributed by atoms with van der Waals surface area (Å²) in [4.78, 5) is 8.57. The summed E-state index contributed by atoms with van der Waals surface area (Å²) in [5.74, 6) is 1.58. The Morgan fingerprint density at radius 1 is 1.11 bits per heavy atom. The van der Waals surface area contributed by atoms with Gasteiger partial charge >= 0.3 is 0 Å². The first-order chi connectivity index (χ1) is 13.8. The molecule has 140 valence electrons. The van der Waals surface area contributed by atoms with E-state index >= 15 is 0 Å². The lowest BCUT2D eigenvalue weighted by molar-refractivity contribution is 0.157. The fourth-order valence-electron chi connectivity index (χ4n) is 4.59. The Balaban J connectivity index is 1.57. The third-order valence-electron chi connectivity index (χ3n) is 5.88. The van der Waals surface area contributed by atoms with E-state index in [0.717, 1.165) is 75.1 Å². The van der Waals surface area contributed by atoms with E-state index in [-0.39, 0.29) is 6.79 Å². The molecule has 0 fully saturated rings. The van der Waals surface area contributed by atoms with Crippen molar-refractivity contribution in [3.8, 4) is 11.5 Å². The summed E-state index contributed by atoms with van der Waals surface area (Å²) in [5.41, 5.74) is 6.29. The quantitative estimate of drug-likeness (QED) is 0.547. The van der Waals surface area contributed by atoms with E-state index in [2.05, 4.69) is 29.2 Å². The molecule has 5 heteroatoms. The van der Waals surface area contributed by atoms with E-state index in [1.54, 1.807) is 0 Å². The molecule has 1 aliphatic carbocycles. The predicted octanol–water partition coefficient (Wildman–Crippen LogP) is 4.41. The van der Waals surface area contributed by atoms with Crippen LogP contribution >= 0.6 is 0 Å². The Morgan fingerprint density at radius 3 is 2.96 bits per heavy atom. The van der Waals surface area contributed by atoms with Crippen LogP contribution in [0.3, 0.4) is 0 Å². The molecule has 2 aromatic carbocycles. The Morgan fingerprint density at radius 2 is 2.00 bits per heavy atom. The van der Waals surface area contributed by atoms with Gasteiger partial charge in [-0.05, 0) is 43.0 Å². The van der Waals surface area contributed by atoms with Crippen LogP contribution in [-0.2, 0) is 12.8 Å². The van der Waals surface area contributed by atoms with Crippen LogP contribution in [-0.4, -0.2) is 21.9 Å². The second kappa shape index (κ2) is 5.97. The maximum absolute atomic E-state index is 10.7. The first-order valence-electron chi connectivity index (χ1n) is 9.76. The number of H-pyrrole nitrogens is 1. The molecule has 0 radical (unpaired) electrons.